The molecule has 0 aliphatic carbocycles. The first-order valence-corrected chi connectivity index (χ1v) is 10.7. The first kappa shape index (κ1) is 21.4. The van der Waals surface area contributed by atoms with Gasteiger partial charge in [0.05, 0.1) is 18.1 Å². The Hall–Kier alpha value is -2.27. The number of benzene rings is 1. The molecule has 156 valence electrons. The third-order valence-corrected chi connectivity index (χ3v) is 6.04. The van der Waals surface area contributed by atoms with Crippen LogP contribution in [-0.2, 0) is 9.53 Å². The first-order valence-electron chi connectivity index (χ1n) is 10.7. The van der Waals surface area contributed by atoms with Crippen LogP contribution in [0.15, 0.2) is 47.5 Å². The number of unbranched alkanes of at least 4 members (excludes halogenated alkanes) is 1. The predicted molar refractivity (Wildman–Crippen MR) is 113 cm³/mol. The van der Waals surface area contributed by atoms with E-state index in [1.54, 1.807) is 6.21 Å². The SMILES string of the molecule is CC(C=NC[C@@H]1[C@H](CC=CCCCC(=O)O)[C@@H]2CC[C@H]1O2)C(=O)c1ccccc1. The van der Waals surface area contributed by atoms with Crippen LogP contribution in [0.4, 0.5) is 0 Å². The van der Waals surface area contributed by atoms with Gasteiger partial charge < -0.3 is 9.84 Å². The second-order valence-electron chi connectivity index (χ2n) is 8.14. The first-order chi connectivity index (χ1) is 14.1. The summed E-state index contributed by atoms with van der Waals surface area (Å²) < 4.78 is 6.13. The Labute approximate surface area is 172 Å². The Kier molecular flexibility index (Phi) is 7.76. The van der Waals surface area contributed by atoms with E-state index in [9.17, 15) is 9.59 Å². The zero-order valence-corrected chi connectivity index (χ0v) is 17.1. The molecule has 5 nitrogen and oxygen atoms in total. The lowest BCUT2D eigenvalue weighted by Gasteiger charge is -2.25. The van der Waals surface area contributed by atoms with Crippen molar-refractivity contribution in [2.45, 2.75) is 57.7 Å². The number of carbonyl (C=O) groups excluding carboxylic acids is 1. The highest BCUT2D eigenvalue weighted by molar-refractivity contribution is 6.05. The van der Waals surface area contributed by atoms with Gasteiger partial charge in [-0.1, -0.05) is 49.4 Å². The highest BCUT2D eigenvalue weighted by atomic mass is 16.5. The van der Waals surface area contributed by atoms with Crippen LogP contribution in [0.3, 0.4) is 0 Å². The molecule has 2 saturated heterocycles. The number of carbonyl (C=O) groups is 2. The van der Waals surface area contributed by atoms with E-state index < -0.39 is 5.97 Å². The highest BCUT2D eigenvalue weighted by Crippen LogP contribution is 2.45. The van der Waals surface area contributed by atoms with Crippen molar-refractivity contribution in [1.29, 1.82) is 0 Å². The third-order valence-electron chi connectivity index (χ3n) is 6.04. The number of allylic oxidation sites excluding steroid dienone is 2. The number of ketones is 1. The Morgan fingerprint density at radius 3 is 2.62 bits per heavy atom. The van der Waals surface area contributed by atoms with Gasteiger partial charge in [-0.3, -0.25) is 14.6 Å². The van der Waals surface area contributed by atoms with E-state index >= 15 is 0 Å². The van der Waals surface area contributed by atoms with Crippen LogP contribution in [0.2, 0.25) is 0 Å². The largest absolute Gasteiger partial charge is 0.481 e. The fourth-order valence-corrected chi connectivity index (χ4v) is 4.47. The molecule has 2 bridgehead atoms. The zero-order chi connectivity index (χ0) is 20.6. The lowest BCUT2D eigenvalue weighted by Crippen LogP contribution is -2.29. The number of hydrogen-bond acceptors (Lipinski definition) is 4. The summed E-state index contributed by atoms with van der Waals surface area (Å²) in [6.07, 6.45) is 11.5. The van der Waals surface area contributed by atoms with Crippen molar-refractivity contribution in [2.24, 2.45) is 22.7 Å². The molecule has 0 saturated carbocycles. The summed E-state index contributed by atoms with van der Waals surface area (Å²) in [5.74, 6) is -0.0175. The average molecular weight is 398 g/mol. The van der Waals surface area contributed by atoms with Gasteiger partial charge >= 0.3 is 5.97 Å². The number of carboxylic acids is 1. The summed E-state index contributed by atoms with van der Waals surface area (Å²) >= 11 is 0. The van der Waals surface area contributed by atoms with Crippen molar-refractivity contribution in [3.05, 3.63) is 48.0 Å². The zero-order valence-electron chi connectivity index (χ0n) is 17.1. The van der Waals surface area contributed by atoms with Crippen LogP contribution in [0.5, 0.6) is 0 Å². The number of Topliss-reactive ketones (excluding diaryl/α,β-unsaturated/α-hetero) is 1. The molecule has 2 heterocycles. The molecule has 1 N–H and O–H groups in total. The van der Waals surface area contributed by atoms with Crippen molar-refractivity contribution in [3.63, 3.8) is 0 Å². The molecule has 1 aromatic rings. The van der Waals surface area contributed by atoms with Gasteiger partial charge in [-0.2, -0.15) is 0 Å². The second-order valence-corrected chi connectivity index (χ2v) is 8.14. The molecule has 1 unspecified atom stereocenters. The fraction of sp³-hybridized carbons (Fsp3) is 0.542. The number of aliphatic carboxylic acids is 1. The Morgan fingerprint density at radius 1 is 1.17 bits per heavy atom. The van der Waals surface area contributed by atoms with E-state index in [2.05, 4.69) is 17.1 Å². The van der Waals surface area contributed by atoms with Crippen LogP contribution < -0.4 is 0 Å². The monoisotopic (exact) mass is 397 g/mol. The molecule has 2 aliphatic rings. The van der Waals surface area contributed by atoms with Gasteiger partial charge in [0.15, 0.2) is 5.78 Å². The minimum Gasteiger partial charge on any atom is -0.481 e. The van der Waals surface area contributed by atoms with Gasteiger partial charge in [0, 0.05) is 30.7 Å². The van der Waals surface area contributed by atoms with Gasteiger partial charge in [-0.15, -0.1) is 0 Å². The molecular formula is C24H31NO4. The van der Waals surface area contributed by atoms with Crippen molar-refractivity contribution >= 4 is 18.0 Å². The lowest BCUT2D eigenvalue weighted by molar-refractivity contribution is -0.137. The second kappa shape index (κ2) is 10.5. The average Bonchev–Trinajstić information content (AvgIpc) is 3.32. The molecule has 0 amide bonds. The van der Waals surface area contributed by atoms with Gasteiger partial charge in [0.1, 0.15) is 0 Å². The number of fused-ring (bicyclic) bond motifs is 2. The maximum Gasteiger partial charge on any atom is 0.303 e. The van der Waals surface area contributed by atoms with Gasteiger partial charge in [0.25, 0.3) is 0 Å². The molecule has 5 heteroatoms. The van der Waals surface area contributed by atoms with E-state index in [0.29, 0.717) is 30.9 Å². The summed E-state index contributed by atoms with van der Waals surface area (Å²) in [6, 6.07) is 9.35. The van der Waals surface area contributed by atoms with Crippen molar-refractivity contribution in [1.82, 2.24) is 0 Å². The molecule has 0 aromatic heterocycles. The van der Waals surface area contributed by atoms with Crippen LogP contribution in [0.25, 0.3) is 0 Å². The van der Waals surface area contributed by atoms with E-state index in [0.717, 1.165) is 31.2 Å². The quantitative estimate of drug-likeness (QED) is 0.257. The smallest absolute Gasteiger partial charge is 0.303 e. The highest BCUT2D eigenvalue weighted by Gasteiger charge is 2.47. The van der Waals surface area contributed by atoms with Crippen LogP contribution >= 0.6 is 0 Å². The number of aliphatic imine (C=N–C) groups is 1. The summed E-state index contributed by atoms with van der Waals surface area (Å²) in [6.45, 7) is 2.60. The van der Waals surface area contributed by atoms with E-state index in [1.807, 2.05) is 37.3 Å². The van der Waals surface area contributed by atoms with Crippen LogP contribution in [-0.4, -0.2) is 41.8 Å². The number of carboxylic acid groups (broad SMARTS) is 1. The van der Waals surface area contributed by atoms with Crippen molar-refractivity contribution in [2.75, 3.05) is 6.54 Å². The molecule has 1 aromatic carbocycles. The summed E-state index contributed by atoms with van der Waals surface area (Å²) in [5, 5.41) is 8.69. The third kappa shape index (κ3) is 5.86. The Balaban J connectivity index is 1.49. The molecule has 2 fully saturated rings. The molecule has 0 radical (unpaired) electrons. The van der Waals surface area contributed by atoms with E-state index in [4.69, 9.17) is 9.84 Å². The topological polar surface area (TPSA) is 76.0 Å². The summed E-state index contributed by atoms with van der Waals surface area (Å²) in [7, 11) is 0. The van der Waals surface area contributed by atoms with E-state index in [1.165, 1.54) is 0 Å². The number of nitrogens with zero attached hydrogens (tertiary/aromatic N) is 1. The minimum absolute atomic E-state index is 0.0967. The fourth-order valence-electron chi connectivity index (χ4n) is 4.47. The standard InChI is InChI=1S/C24H31NO4/c1-17(24(28)18-9-5-4-6-10-18)15-25-16-20-19(21-13-14-22(20)29-21)11-7-2-3-8-12-23(26)27/h2,4-7,9-10,15,17,19-22H,3,8,11-14,16H2,1H3,(H,26,27)/t17?,19-,20+,21-,22+/m0/s1. The van der Waals surface area contributed by atoms with Crippen LogP contribution in [0, 0.1) is 17.8 Å². The predicted octanol–water partition coefficient (Wildman–Crippen LogP) is 4.57. The van der Waals surface area contributed by atoms with Crippen LogP contribution in [0.1, 0.15) is 55.8 Å². The number of rotatable bonds is 11. The van der Waals surface area contributed by atoms with Crippen molar-refractivity contribution in [3.8, 4) is 0 Å². The van der Waals surface area contributed by atoms with E-state index in [-0.39, 0.29) is 24.2 Å². The molecular weight excluding hydrogens is 366 g/mol. The van der Waals surface area contributed by atoms with Gasteiger partial charge in [-0.25, -0.2) is 0 Å². The van der Waals surface area contributed by atoms with Gasteiger partial charge in [-0.05, 0) is 38.0 Å². The van der Waals surface area contributed by atoms with Gasteiger partial charge in [0.2, 0.25) is 0 Å². The lowest BCUT2D eigenvalue weighted by atomic mass is 9.77. The maximum atomic E-state index is 12.5. The normalized spacial score (nSPS) is 27.1. The molecule has 0 spiro atoms. The molecule has 2 aliphatic heterocycles. The summed E-state index contributed by atoms with van der Waals surface area (Å²) in [4.78, 5) is 27.7. The Bertz CT molecular complexity index is 743. The minimum atomic E-state index is -0.738. The molecule has 5 atom stereocenters. The number of ether oxygens (including phenoxy) is 1. The van der Waals surface area contributed by atoms with Crippen molar-refractivity contribution < 1.29 is 19.4 Å². The summed E-state index contributed by atoms with van der Waals surface area (Å²) in [5.41, 5.74) is 0.723. The Morgan fingerprint density at radius 2 is 1.90 bits per heavy atom. The number of hydrogen-bond donors (Lipinski definition) is 1. The maximum absolute atomic E-state index is 12.5. The molecule has 29 heavy (non-hydrogen) atoms. The molecule has 3 rings (SSSR count).